The van der Waals surface area contributed by atoms with Crippen LogP contribution in [0.3, 0.4) is 0 Å². The number of nitrogens with one attached hydrogen (secondary N) is 1. The molecule has 0 bridgehead atoms. The van der Waals surface area contributed by atoms with Crippen molar-refractivity contribution in [3.8, 4) is 0 Å². The maximum absolute atomic E-state index is 10.9. The summed E-state index contributed by atoms with van der Waals surface area (Å²) in [4.78, 5) is 0. The first-order valence-corrected chi connectivity index (χ1v) is 7.82. The topological polar surface area (TPSA) is 66.4 Å². The summed E-state index contributed by atoms with van der Waals surface area (Å²) in [6.07, 6.45) is 2.92. The summed E-state index contributed by atoms with van der Waals surface area (Å²) in [7, 11) is -2.91. The van der Waals surface area contributed by atoms with E-state index in [1.54, 1.807) is 6.92 Å². The Morgan fingerprint density at radius 2 is 1.88 bits per heavy atom. The monoisotopic (exact) mass is 251 g/mol. The molecule has 0 amide bonds. The lowest BCUT2D eigenvalue weighted by atomic mass is 9.96. The third-order valence-electron chi connectivity index (χ3n) is 2.45. The summed E-state index contributed by atoms with van der Waals surface area (Å²) >= 11 is 0. The van der Waals surface area contributed by atoms with Gasteiger partial charge in [-0.2, -0.15) is 0 Å². The second-order valence-corrected chi connectivity index (χ2v) is 7.35. The number of rotatable bonds is 8. The molecule has 0 aromatic rings. The number of sulfone groups is 1. The molecular weight excluding hydrogens is 226 g/mol. The van der Waals surface area contributed by atoms with Gasteiger partial charge < -0.3 is 10.4 Å². The van der Waals surface area contributed by atoms with E-state index in [-0.39, 0.29) is 5.75 Å². The number of hydrogen-bond acceptors (Lipinski definition) is 4. The van der Waals surface area contributed by atoms with Crippen LogP contribution in [0.1, 0.15) is 40.0 Å². The van der Waals surface area contributed by atoms with Gasteiger partial charge in [0.1, 0.15) is 9.84 Å². The van der Waals surface area contributed by atoms with Crippen LogP contribution in [0.4, 0.5) is 0 Å². The van der Waals surface area contributed by atoms with Gasteiger partial charge in [-0.05, 0) is 32.7 Å². The molecule has 0 aliphatic carbocycles. The van der Waals surface area contributed by atoms with Crippen LogP contribution in [0.2, 0.25) is 0 Å². The van der Waals surface area contributed by atoms with E-state index < -0.39 is 15.4 Å². The van der Waals surface area contributed by atoms with Crippen molar-refractivity contribution in [1.82, 2.24) is 5.32 Å². The van der Waals surface area contributed by atoms with Crippen LogP contribution in [0, 0.1) is 0 Å². The van der Waals surface area contributed by atoms with Gasteiger partial charge in [0, 0.05) is 18.1 Å². The first-order valence-electron chi connectivity index (χ1n) is 5.76. The van der Waals surface area contributed by atoms with Gasteiger partial charge >= 0.3 is 0 Å². The fraction of sp³-hybridized carbons (Fsp3) is 1.00. The van der Waals surface area contributed by atoms with E-state index in [0.29, 0.717) is 25.3 Å². The SMILES string of the molecule is CC(C)NCCC(C)(O)CCCS(C)(=O)=O. The fourth-order valence-corrected chi connectivity index (χ4v) is 2.14. The highest BCUT2D eigenvalue weighted by molar-refractivity contribution is 7.90. The van der Waals surface area contributed by atoms with Gasteiger partial charge in [0.25, 0.3) is 0 Å². The van der Waals surface area contributed by atoms with Crippen LogP contribution in [0.15, 0.2) is 0 Å². The van der Waals surface area contributed by atoms with E-state index in [9.17, 15) is 13.5 Å². The van der Waals surface area contributed by atoms with E-state index in [0.717, 1.165) is 6.54 Å². The van der Waals surface area contributed by atoms with Gasteiger partial charge in [-0.25, -0.2) is 8.42 Å². The normalized spacial score (nSPS) is 16.4. The minimum atomic E-state index is -2.91. The Labute approximate surface area is 99.4 Å². The Morgan fingerprint density at radius 1 is 1.31 bits per heavy atom. The molecule has 0 aliphatic heterocycles. The molecule has 0 saturated heterocycles. The first-order chi connectivity index (χ1) is 7.12. The molecule has 0 radical (unpaired) electrons. The molecule has 0 rings (SSSR count). The largest absolute Gasteiger partial charge is 0.390 e. The molecular formula is C11H25NO3S. The first kappa shape index (κ1) is 15.9. The predicted octanol–water partition coefficient (Wildman–Crippen LogP) is 0.950. The van der Waals surface area contributed by atoms with Crippen molar-refractivity contribution in [3.05, 3.63) is 0 Å². The average molecular weight is 251 g/mol. The number of aliphatic hydroxyl groups is 1. The minimum Gasteiger partial charge on any atom is -0.390 e. The third-order valence-corrected chi connectivity index (χ3v) is 3.48. The van der Waals surface area contributed by atoms with Crippen molar-refractivity contribution in [2.45, 2.75) is 51.7 Å². The Bertz CT molecular complexity index is 284. The molecule has 0 heterocycles. The van der Waals surface area contributed by atoms with Crippen molar-refractivity contribution >= 4 is 9.84 Å². The molecule has 4 nitrogen and oxygen atoms in total. The highest BCUT2D eigenvalue weighted by Gasteiger charge is 2.20. The van der Waals surface area contributed by atoms with Crippen LogP contribution in [-0.2, 0) is 9.84 Å². The summed E-state index contributed by atoms with van der Waals surface area (Å²) in [5.41, 5.74) is -0.771. The van der Waals surface area contributed by atoms with E-state index in [4.69, 9.17) is 0 Å². The summed E-state index contributed by atoms with van der Waals surface area (Å²) in [5, 5.41) is 13.2. The summed E-state index contributed by atoms with van der Waals surface area (Å²) in [6.45, 7) is 6.62. The smallest absolute Gasteiger partial charge is 0.147 e. The third kappa shape index (κ3) is 10.4. The maximum atomic E-state index is 10.9. The fourth-order valence-electron chi connectivity index (χ4n) is 1.47. The molecule has 98 valence electrons. The van der Waals surface area contributed by atoms with Crippen molar-refractivity contribution < 1.29 is 13.5 Å². The molecule has 1 unspecified atom stereocenters. The molecule has 0 aromatic carbocycles. The second kappa shape index (κ2) is 6.57. The van der Waals surface area contributed by atoms with Crippen LogP contribution in [-0.4, -0.2) is 43.7 Å². The van der Waals surface area contributed by atoms with Crippen molar-refractivity contribution in [2.75, 3.05) is 18.6 Å². The standard InChI is InChI=1S/C11H25NO3S/c1-10(2)12-8-7-11(3,13)6-5-9-16(4,14)15/h10,12-13H,5-9H2,1-4H3. The summed E-state index contributed by atoms with van der Waals surface area (Å²) in [5.74, 6) is 0.154. The van der Waals surface area contributed by atoms with Crippen LogP contribution < -0.4 is 5.32 Å². The summed E-state index contributed by atoms with van der Waals surface area (Å²) < 4.78 is 21.9. The Morgan fingerprint density at radius 3 is 2.31 bits per heavy atom. The lowest BCUT2D eigenvalue weighted by Gasteiger charge is -2.23. The highest BCUT2D eigenvalue weighted by Crippen LogP contribution is 2.16. The second-order valence-electron chi connectivity index (χ2n) is 5.09. The van der Waals surface area contributed by atoms with Gasteiger partial charge in [0.15, 0.2) is 0 Å². The van der Waals surface area contributed by atoms with Gasteiger partial charge in [-0.3, -0.25) is 0 Å². The van der Waals surface area contributed by atoms with Crippen LogP contribution in [0.25, 0.3) is 0 Å². The van der Waals surface area contributed by atoms with Gasteiger partial charge in [-0.15, -0.1) is 0 Å². The zero-order valence-corrected chi connectivity index (χ0v) is 11.6. The lowest BCUT2D eigenvalue weighted by Crippen LogP contribution is -2.33. The van der Waals surface area contributed by atoms with Crippen LogP contribution in [0.5, 0.6) is 0 Å². The summed E-state index contributed by atoms with van der Waals surface area (Å²) in [6, 6.07) is 0.409. The lowest BCUT2D eigenvalue weighted by molar-refractivity contribution is 0.0414. The van der Waals surface area contributed by atoms with Gasteiger partial charge in [0.2, 0.25) is 0 Å². The van der Waals surface area contributed by atoms with Gasteiger partial charge in [0.05, 0.1) is 5.60 Å². The van der Waals surface area contributed by atoms with Crippen LogP contribution >= 0.6 is 0 Å². The van der Waals surface area contributed by atoms with Crippen molar-refractivity contribution in [1.29, 1.82) is 0 Å². The Hall–Kier alpha value is -0.130. The molecule has 0 spiro atoms. The highest BCUT2D eigenvalue weighted by atomic mass is 32.2. The molecule has 1 atom stereocenters. The molecule has 2 N–H and O–H groups in total. The van der Waals surface area contributed by atoms with E-state index in [1.807, 2.05) is 0 Å². The molecule has 0 aromatic heterocycles. The Kier molecular flexibility index (Phi) is 6.51. The van der Waals surface area contributed by atoms with E-state index >= 15 is 0 Å². The minimum absolute atomic E-state index is 0.154. The van der Waals surface area contributed by atoms with Crippen molar-refractivity contribution in [3.63, 3.8) is 0 Å². The van der Waals surface area contributed by atoms with E-state index in [1.165, 1.54) is 6.26 Å². The van der Waals surface area contributed by atoms with Crippen molar-refractivity contribution in [2.24, 2.45) is 0 Å². The number of hydrogen-bond donors (Lipinski definition) is 2. The molecule has 0 saturated carbocycles. The predicted molar refractivity (Wildman–Crippen MR) is 67.3 cm³/mol. The quantitative estimate of drug-likeness (QED) is 0.674. The maximum Gasteiger partial charge on any atom is 0.147 e. The van der Waals surface area contributed by atoms with E-state index in [2.05, 4.69) is 19.2 Å². The zero-order valence-electron chi connectivity index (χ0n) is 10.8. The Balaban J connectivity index is 3.78. The molecule has 16 heavy (non-hydrogen) atoms. The molecule has 5 heteroatoms. The molecule has 0 fully saturated rings. The zero-order chi connectivity index (χ0) is 12.8. The molecule has 0 aliphatic rings. The average Bonchev–Trinajstić information content (AvgIpc) is 1.99. The van der Waals surface area contributed by atoms with Gasteiger partial charge in [-0.1, -0.05) is 13.8 Å².